The highest BCUT2D eigenvalue weighted by Crippen LogP contribution is 2.23. The van der Waals surface area contributed by atoms with Crippen LogP contribution >= 0.6 is 0 Å². The lowest BCUT2D eigenvalue weighted by Crippen LogP contribution is -2.25. The zero-order chi connectivity index (χ0) is 12.0. The van der Waals surface area contributed by atoms with Gasteiger partial charge in [0.1, 0.15) is 0 Å². The van der Waals surface area contributed by atoms with Crippen LogP contribution in [0.1, 0.15) is 17.0 Å². The molecule has 1 rings (SSSR count). The third-order valence-corrected chi connectivity index (χ3v) is 2.55. The lowest BCUT2D eigenvalue weighted by molar-refractivity contribution is 0.727. The number of nitriles is 1. The molecule has 0 saturated heterocycles. The van der Waals surface area contributed by atoms with Crippen molar-refractivity contribution in [3.05, 3.63) is 60.7 Å². The Morgan fingerprint density at radius 1 is 1.38 bits per heavy atom. The molecule has 0 saturated carbocycles. The van der Waals surface area contributed by atoms with E-state index < -0.39 is 0 Å². The number of allylic oxidation sites excluding steroid dienone is 1. The number of benzene rings is 1. The molecule has 0 radical (unpaired) electrons. The minimum atomic E-state index is -0.339. The molecule has 2 N–H and O–H groups in total. The van der Waals surface area contributed by atoms with Gasteiger partial charge in [-0.1, -0.05) is 36.4 Å². The van der Waals surface area contributed by atoms with Crippen LogP contribution < -0.4 is 5.73 Å². The third kappa shape index (κ3) is 2.59. The first-order valence-electron chi connectivity index (χ1n) is 5.21. The van der Waals surface area contributed by atoms with Gasteiger partial charge in [0.05, 0.1) is 12.0 Å². The maximum atomic E-state index is 9.17. The fraction of sp³-hybridized carbons (Fsp3) is 0.214. The Morgan fingerprint density at radius 2 is 2.06 bits per heavy atom. The second-order valence-electron chi connectivity index (χ2n) is 3.61. The molecule has 0 aliphatic carbocycles. The maximum absolute atomic E-state index is 9.17. The van der Waals surface area contributed by atoms with Crippen molar-refractivity contribution in [3.8, 4) is 6.07 Å². The van der Waals surface area contributed by atoms with Crippen LogP contribution in [0.3, 0.4) is 0 Å². The van der Waals surface area contributed by atoms with E-state index >= 15 is 0 Å². The summed E-state index contributed by atoms with van der Waals surface area (Å²) in [4.78, 5) is 0. The lowest BCUT2D eigenvalue weighted by Gasteiger charge is -2.17. The highest BCUT2D eigenvalue weighted by Gasteiger charge is 2.18. The molecule has 2 heteroatoms. The van der Waals surface area contributed by atoms with Crippen LogP contribution in [0.15, 0.2) is 49.6 Å². The molecule has 0 aliphatic rings. The van der Waals surface area contributed by atoms with Crippen LogP contribution in [0, 0.1) is 11.3 Å². The highest BCUT2D eigenvalue weighted by atomic mass is 14.6. The molecule has 0 amide bonds. The fourth-order valence-corrected chi connectivity index (χ4v) is 1.68. The number of hydrogen-bond acceptors (Lipinski definition) is 2. The fourth-order valence-electron chi connectivity index (χ4n) is 1.68. The molecule has 0 spiro atoms. The van der Waals surface area contributed by atoms with Gasteiger partial charge in [-0.3, -0.25) is 0 Å². The number of rotatable bonds is 5. The van der Waals surface area contributed by atoms with Gasteiger partial charge in [0.25, 0.3) is 0 Å². The van der Waals surface area contributed by atoms with E-state index in [4.69, 9.17) is 5.73 Å². The van der Waals surface area contributed by atoms with Crippen molar-refractivity contribution in [1.82, 2.24) is 0 Å². The standard InChI is InChI=1S/C14H16N2/c1-3-7-11-8-5-6-9-12(11)13(10-15)14(16)4-2/h3-6,8-9,13-14H,1-2,7,16H2. The average Bonchev–Trinajstić information content (AvgIpc) is 2.32. The van der Waals surface area contributed by atoms with Gasteiger partial charge in [0.15, 0.2) is 0 Å². The minimum absolute atomic E-state index is 0.337. The quantitative estimate of drug-likeness (QED) is 0.762. The van der Waals surface area contributed by atoms with Crippen molar-refractivity contribution in [1.29, 1.82) is 5.26 Å². The molecule has 2 atom stereocenters. The summed E-state index contributed by atoms with van der Waals surface area (Å²) >= 11 is 0. The Bertz CT molecular complexity index is 415. The van der Waals surface area contributed by atoms with Gasteiger partial charge >= 0.3 is 0 Å². The Labute approximate surface area is 96.7 Å². The molecular formula is C14H16N2. The van der Waals surface area contributed by atoms with Crippen LogP contribution in [-0.2, 0) is 6.42 Å². The first kappa shape index (κ1) is 12.2. The summed E-state index contributed by atoms with van der Waals surface area (Å²) in [5, 5.41) is 9.17. The van der Waals surface area contributed by atoms with Crippen LogP contribution in [0.25, 0.3) is 0 Å². The van der Waals surface area contributed by atoms with Crippen LogP contribution in [0.2, 0.25) is 0 Å². The molecule has 1 aromatic carbocycles. The summed E-state index contributed by atoms with van der Waals surface area (Å²) in [6.07, 6.45) is 4.18. The smallest absolute Gasteiger partial charge is 0.0902 e. The highest BCUT2D eigenvalue weighted by molar-refractivity contribution is 5.37. The molecule has 0 aliphatic heterocycles. The summed E-state index contributed by atoms with van der Waals surface area (Å²) in [5.74, 6) is -0.339. The second-order valence-corrected chi connectivity index (χ2v) is 3.61. The molecule has 0 heterocycles. The SMILES string of the molecule is C=CCc1ccccc1C(C#N)C(N)C=C. The number of nitrogens with two attached hydrogens (primary N) is 1. The van der Waals surface area contributed by atoms with Crippen LogP contribution in [0.5, 0.6) is 0 Å². The van der Waals surface area contributed by atoms with E-state index in [2.05, 4.69) is 19.2 Å². The Morgan fingerprint density at radius 3 is 2.62 bits per heavy atom. The molecule has 16 heavy (non-hydrogen) atoms. The normalized spacial score (nSPS) is 13.5. The Balaban J connectivity index is 3.14. The molecule has 82 valence electrons. The predicted molar refractivity (Wildman–Crippen MR) is 66.9 cm³/mol. The summed E-state index contributed by atoms with van der Waals surface area (Å²) < 4.78 is 0. The lowest BCUT2D eigenvalue weighted by atomic mass is 9.88. The predicted octanol–water partition coefficient (Wildman–Crippen LogP) is 2.54. The van der Waals surface area contributed by atoms with Crippen LogP contribution in [0.4, 0.5) is 0 Å². The van der Waals surface area contributed by atoms with E-state index in [0.29, 0.717) is 0 Å². The summed E-state index contributed by atoms with van der Waals surface area (Å²) in [5.41, 5.74) is 7.93. The van der Waals surface area contributed by atoms with Gasteiger partial charge in [-0.25, -0.2) is 0 Å². The minimum Gasteiger partial charge on any atom is -0.323 e. The van der Waals surface area contributed by atoms with Gasteiger partial charge in [-0.05, 0) is 17.5 Å². The van der Waals surface area contributed by atoms with Crippen molar-refractivity contribution in [2.24, 2.45) is 5.73 Å². The van der Waals surface area contributed by atoms with E-state index in [1.165, 1.54) is 0 Å². The first-order valence-corrected chi connectivity index (χ1v) is 5.21. The van der Waals surface area contributed by atoms with Crippen LogP contribution in [-0.4, -0.2) is 6.04 Å². The number of hydrogen-bond donors (Lipinski definition) is 1. The van der Waals surface area contributed by atoms with Crippen molar-refractivity contribution >= 4 is 0 Å². The molecular weight excluding hydrogens is 196 g/mol. The van der Waals surface area contributed by atoms with E-state index in [0.717, 1.165) is 17.5 Å². The average molecular weight is 212 g/mol. The Kier molecular flexibility index (Phi) is 4.50. The van der Waals surface area contributed by atoms with E-state index in [1.807, 2.05) is 30.3 Å². The molecule has 1 aromatic rings. The first-order chi connectivity index (χ1) is 7.74. The van der Waals surface area contributed by atoms with E-state index in [-0.39, 0.29) is 12.0 Å². The van der Waals surface area contributed by atoms with Gasteiger partial charge in [-0.15, -0.1) is 13.2 Å². The molecule has 2 nitrogen and oxygen atoms in total. The summed E-state index contributed by atoms with van der Waals surface area (Å²) in [6, 6.07) is 9.71. The largest absolute Gasteiger partial charge is 0.323 e. The van der Waals surface area contributed by atoms with Gasteiger partial charge < -0.3 is 5.73 Å². The zero-order valence-electron chi connectivity index (χ0n) is 9.26. The van der Waals surface area contributed by atoms with Gasteiger partial charge in [-0.2, -0.15) is 5.26 Å². The summed E-state index contributed by atoms with van der Waals surface area (Å²) in [7, 11) is 0. The number of nitrogens with zero attached hydrogens (tertiary/aromatic N) is 1. The van der Waals surface area contributed by atoms with Crippen molar-refractivity contribution in [2.45, 2.75) is 18.4 Å². The molecule has 0 aromatic heterocycles. The van der Waals surface area contributed by atoms with Gasteiger partial charge in [0, 0.05) is 6.04 Å². The Hall–Kier alpha value is -1.85. The monoisotopic (exact) mass is 212 g/mol. The zero-order valence-corrected chi connectivity index (χ0v) is 9.26. The maximum Gasteiger partial charge on any atom is 0.0902 e. The third-order valence-electron chi connectivity index (χ3n) is 2.55. The second kappa shape index (κ2) is 5.89. The summed E-state index contributed by atoms with van der Waals surface area (Å²) in [6.45, 7) is 7.35. The van der Waals surface area contributed by atoms with Crippen molar-refractivity contribution < 1.29 is 0 Å². The molecule has 0 bridgehead atoms. The van der Waals surface area contributed by atoms with E-state index in [9.17, 15) is 5.26 Å². The topological polar surface area (TPSA) is 49.8 Å². The molecule has 2 unspecified atom stereocenters. The van der Waals surface area contributed by atoms with Crippen molar-refractivity contribution in [2.75, 3.05) is 0 Å². The van der Waals surface area contributed by atoms with Crippen molar-refractivity contribution in [3.63, 3.8) is 0 Å². The van der Waals surface area contributed by atoms with E-state index in [1.54, 1.807) is 6.08 Å². The molecule has 0 fully saturated rings. The van der Waals surface area contributed by atoms with Gasteiger partial charge in [0.2, 0.25) is 0 Å².